The quantitative estimate of drug-likeness (QED) is 0.188. The second-order valence-electron chi connectivity index (χ2n) is 14.1. The molecule has 8 rings (SSSR count). The van der Waals surface area contributed by atoms with Crippen molar-refractivity contribution in [2.75, 3.05) is 76.2 Å². The summed E-state index contributed by atoms with van der Waals surface area (Å²) < 4.78 is 23.3. The normalized spacial score (nSPS) is 19.4. The number of hydrogen-bond acceptors (Lipinski definition) is 12. The number of nitrogens with two attached hydrogens (primary N) is 1. The van der Waals surface area contributed by atoms with Crippen LogP contribution in [0.25, 0.3) is 11.3 Å². The van der Waals surface area contributed by atoms with Crippen molar-refractivity contribution in [3.05, 3.63) is 113 Å². The summed E-state index contributed by atoms with van der Waals surface area (Å²) >= 11 is 0. The average Bonchev–Trinajstić information content (AvgIpc) is 3.72. The molecule has 3 N–H and O–H groups in total. The van der Waals surface area contributed by atoms with Crippen molar-refractivity contribution in [3.63, 3.8) is 0 Å². The van der Waals surface area contributed by atoms with E-state index in [1.807, 2.05) is 90.9 Å². The molecule has 13 heteroatoms. The van der Waals surface area contributed by atoms with E-state index in [2.05, 4.69) is 10.2 Å². The number of hydrogen-bond donors (Lipinski definition) is 2. The van der Waals surface area contributed by atoms with Crippen molar-refractivity contribution in [2.45, 2.75) is 37.8 Å². The lowest BCUT2D eigenvalue weighted by Gasteiger charge is -2.51. The molecule has 0 spiro atoms. The highest BCUT2D eigenvalue weighted by Gasteiger charge is 2.53. The Labute approximate surface area is 320 Å². The molecule has 0 radical (unpaired) electrons. The maximum atomic E-state index is 15.0. The van der Waals surface area contributed by atoms with Gasteiger partial charge in [-0.1, -0.05) is 30.3 Å². The molecule has 55 heavy (non-hydrogen) atoms. The number of nitrogens with zero attached hydrogens (tertiary/aromatic N) is 6. The minimum atomic E-state index is -1.15. The van der Waals surface area contributed by atoms with Crippen LogP contribution in [0.3, 0.4) is 0 Å². The first kappa shape index (κ1) is 36.2. The minimum Gasteiger partial charge on any atom is -0.497 e. The number of nitrogens with one attached hydrogen (secondary N) is 1. The molecule has 3 aromatic carbocycles. The fourth-order valence-electron chi connectivity index (χ4n) is 7.90. The van der Waals surface area contributed by atoms with E-state index in [-0.39, 0.29) is 5.91 Å². The Morgan fingerprint density at radius 1 is 0.909 bits per heavy atom. The number of rotatable bonds is 10. The molecule has 1 amide bonds. The zero-order chi connectivity index (χ0) is 37.9. The molecule has 2 saturated heterocycles. The van der Waals surface area contributed by atoms with Gasteiger partial charge in [0.25, 0.3) is 5.91 Å². The summed E-state index contributed by atoms with van der Waals surface area (Å²) in [5, 5.41) is 3.44. The molecular formula is C42H46N8O5. The molecule has 284 valence electrons. The summed E-state index contributed by atoms with van der Waals surface area (Å²) in [6.07, 6.45) is 4.77. The fourth-order valence-corrected chi connectivity index (χ4v) is 7.90. The molecule has 0 saturated carbocycles. The van der Waals surface area contributed by atoms with Crippen LogP contribution in [-0.4, -0.2) is 97.1 Å². The van der Waals surface area contributed by atoms with Crippen molar-refractivity contribution in [3.8, 4) is 22.8 Å². The highest BCUT2D eigenvalue weighted by Crippen LogP contribution is 2.42. The van der Waals surface area contributed by atoms with Crippen molar-refractivity contribution in [2.24, 2.45) is 0 Å². The summed E-state index contributed by atoms with van der Waals surface area (Å²) in [6, 6.07) is 21.3. The lowest BCUT2D eigenvalue weighted by atomic mass is 9.78. The zero-order valence-corrected chi connectivity index (χ0v) is 31.5. The van der Waals surface area contributed by atoms with Crippen LogP contribution in [0.5, 0.6) is 11.5 Å². The second kappa shape index (κ2) is 15.5. The number of benzene rings is 3. The van der Waals surface area contributed by atoms with Gasteiger partial charge in [-0.25, -0.2) is 15.0 Å². The van der Waals surface area contributed by atoms with Gasteiger partial charge in [0.2, 0.25) is 5.95 Å². The maximum Gasteiger partial charge on any atom is 0.255 e. The number of methoxy groups -OCH3 is 2. The first-order chi connectivity index (χ1) is 26.9. The topological polar surface area (TPSA) is 150 Å². The lowest BCUT2D eigenvalue weighted by molar-refractivity contribution is -0.118. The predicted octanol–water partition coefficient (Wildman–Crippen LogP) is 4.87. The van der Waals surface area contributed by atoms with Gasteiger partial charge in [0.15, 0.2) is 5.82 Å². The number of carbonyl (C=O) groups excluding carboxylic acids is 1. The molecule has 2 unspecified atom stereocenters. The van der Waals surface area contributed by atoms with Gasteiger partial charge in [0, 0.05) is 73.8 Å². The van der Waals surface area contributed by atoms with Crippen LogP contribution < -0.4 is 25.4 Å². The highest BCUT2D eigenvalue weighted by molar-refractivity contribution is 5.97. The molecule has 2 fully saturated rings. The number of amides is 1. The Hall–Kier alpha value is -5.79. The van der Waals surface area contributed by atoms with Gasteiger partial charge in [0.1, 0.15) is 22.9 Å². The smallest absolute Gasteiger partial charge is 0.255 e. The number of nitrogen functional groups attached to an aromatic ring is 1. The third-order valence-corrected chi connectivity index (χ3v) is 11.0. The van der Waals surface area contributed by atoms with Crippen molar-refractivity contribution in [1.82, 2.24) is 24.8 Å². The van der Waals surface area contributed by atoms with Crippen LogP contribution in [0, 0.1) is 6.92 Å². The summed E-state index contributed by atoms with van der Waals surface area (Å²) in [6.45, 7) is 6.00. The third-order valence-electron chi connectivity index (χ3n) is 11.0. The summed E-state index contributed by atoms with van der Waals surface area (Å²) in [5.74, 6) is 3.29. The standard InChI is InChI=1S/C42H46N8O5/c1-27-33(5-4-6-35(27)43)39(51)50-19-22-55-36(23-28-7-11-31(52-2)12-8-28)42(50,24-29-9-13-32(53-3)14-10-29)40-45-25-30(26-46-40)37-34-15-16-44-38(34)48-41(47-37)49-17-20-54-21-18-49/h4-14,25-26,36H,15-24,43H2,1-3H3,(H,44,47,48). The van der Waals surface area contributed by atoms with E-state index in [1.54, 1.807) is 14.2 Å². The average molecular weight is 743 g/mol. The van der Waals surface area contributed by atoms with Crippen LogP contribution in [-0.2, 0) is 34.3 Å². The summed E-state index contributed by atoms with van der Waals surface area (Å²) in [4.78, 5) is 39.4. The van der Waals surface area contributed by atoms with Gasteiger partial charge in [-0.05, 0) is 66.4 Å². The Bertz CT molecular complexity index is 2140. The predicted molar refractivity (Wildman–Crippen MR) is 210 cm³/mol. The van der Waals surface area contributed by atoms with Crippen molar-refractivity contribution >= 4 is 23.4 Å². The fraction of sp³-hybridized carbons (Fsp3) is 0.357. The molecule has 0 bridgehead atoms. The number of ether oxygens (including phenoxy) is 4. The van der Waals surface area contributed by atoms with Gasteiger partial charge in [-0.2, -0.15) is 4.98 Å². The van der Waals surface area contributed by atoms with E-state index in [4.69, 9.17) is 44.6 Å². The van der Waals surface area contributed by atoms with Gasteiger partial charge in [-0.15, -0.1) is 0 Å². The minimum absolute atomic E-state index is 0.163. The molecular weight excluding hydrogens is 697 g/mol. The largest absolute Gasteiger partial charge is 0.497 e. The molecule has 2 aromatic heterocycles. The Morgan fingerprint density at radius 3 is 2.29 bits per heavy atom. The van der Waals surface area contributed by atoms with Crippen molar-refractivity contribution < 1.29 is 23.7 Å². The van der Waals surface area contributed by atoms with Crippen LogP contribution in [0.1, 0.15) is 38.4 Å². The maximum absolute atomic E-state index is 15.0. The second-order valence-corrected chi connectivity index (χ2v) is 14.1. The van der Waals surface area contributed by atoms with E-state index in [9.17, 15) is 0 Å². The molecule has 2 atom stereocenters. The monoisotopic (exact) mass is 742 g/mol. The van der Waals surface area contributed by atoms with Gasteiger partial charge < -0.3 is 39.8 Å². The first-order valence-electron chi connectivity index (χ1n) is 18.7. The van der Waals surface area contributed by atoms with E-state index >= 15 is 4.79 Å². The van der Waals surface area contributed by atoms with Crippen LogP contribution in [0.2, 0.25) is 0 Å². The molecule has 3 aliphatic heterocycles. The van der Waals surface area contributed by atoms with Gasteiger partial charge in [0.05, 0.1) is 45.8 Å². The van der Waals surface area contributed by atoms with Gasteiger partial charge >= 0.3 is 0 Å². The summed E-state index contributed by atoms with van der Waals surface area (Å²) in [7, 11) is 3.30. The van der Waals surface area contributed by atoms with Crippen molar-refractivity contribution in [1.29, 1.82) is 0 Å². The Morgan fingerprint density at radius 2 is 1.60 bits per heavy atom. The zero-order valence-electron chi connectivity index (χ0n) is 31.5. The SMILES string of the molecule is COc1ccc(CC2OCCN(C(=O)c3cccc(N)c3C)C2(Cc2ccc(OC)cc2)c2ncc(-c3nc(N4CCOCC4)nc4c3CCN4)cn2)cc1. The van der Waals surface area contributed by atoms with Crippen LogP contribution >= 0.6 is 0 Å². The van der Waals surface area contributed by atoms with Gasteiger partial charge in [-0.3, -0.25) is 4.79 Å². The Kier molecular flexibility index (Phi) is 10.2. The van der Waals surface area contributed by atoms with E-state index in [1.165, 1.54) is 0 Å². The molecule has 3 aliphatic rings. The number of anilines is 3. The van der Waals surface area contributed by atoms with E-state index in [0.717, 1.165) is 63.8 Å². The lowest BCUT2D eigenvalue weighted by Crippen LogP contribution is -2.64. The van der Waals surface area contributed by atoms with Crippen LogP contribution in [0.15, 0.2) is 79.1 Å². The van der Waals surface area contributed by atoms with Crippen LogP contribution in [0.4, 0.5) is 17.5 Å². The molecule has 5 heterocycles. The Balaban J connectivity index is 1.28. The third kappa shape index (κ3) is 7.01. The number of morpholine rings is 2. The number of aromatic nitrogens is 4. The first-order valence-corrected chi connectivity index (χ1v) is 18.7. The molecule has 0 aliphatic carbocycles. The molecule has 13 nitrogen and oxygen atoms in total. The number of carbonyl (C=O) groups is 1. The number of fused-ring (bicyclic) bond motifs is 1. The van der Waals surface area contributed by atoms with E-state index in [0.29, 0.717) is 75.3 Å². The van der Waals surface area contributed by atoms with E-state index < -0.39 is 11.6 Å². The highest BCUT2D eigenvalue weighted by atomic mass is 16.5. The molecule has 5 aromatic rings. The summed E-state index contributed by atoms with van der Waals surface area (Å²) in [5.41, 5.74) is 11.6.